The fourth-order valence-corrected chi connectivity index (χ4v) is 6.12. The smallest absolute Gasteiger partial charge is 0.0268 e. The van der Waals surface area contributed by atoms with Crippen LogP contribution in [0.5, 0.6) is 0 Å². The molecule has 0 heterocycles. The zero-order valence-corrected chi connectivity index (χ0v) is 20.1. The molecule has 4 rings (SSSR count). The second-order valence-electron chi connectivity index (χ2n) is 8.92. The van der Waals surface area contributed by atoms with Crippen molar-refractivity contribution in [1.82, 2.24) is 0 Å². The summed E-state index contributed by atoms with van der Waals surface area (Å²) in [5.74, 6) is 1.06. The zero-order chi connectivity index (χ0) is 22.4. The lowest BCUT2D eigenvalue weighted by atomic mass is 9.55. The summed E-state index contributed by atoms with van der Waals surface area (Å²) in [6, 6.07) is 41.9. The number of aryl methyl sites for hydroxylation is 1. The Morgan fingerprint density at radius 1 is 0.562 bits per heavy atom. The van der Waals surface area contributed by atoms with E-state index in [-0.39, 0.29) is 10.8 Å². The third-order valence-corrected chi connectivity index (χ3v) is 8.35. The molecule has 0 aliphatic heterocycles. The van der Waals surface area contributed by atoms with Crippen LogP contribution >= 0.6 is 11.8 Å². The van der Waals surface area contributed by atoms with Crippen LogP contribution in [0.4, 0.5) is 0 Å². The van der Waals surface area contributed by atoms with Gasteiger partial charge in [0.05, 0.1) is 0 Å². The van der Waals surface area contributed by atoms with Crippen LogP contribution in [-0.4, -0.2) is 5.75 Å². The maximum absolute atomic E-state index is 2.46. The first-order chi connectivity index (χ1) is 15.6. The molecule has 4 aromatic carbocycles. The normalized spacial score (nSPS) is 13.5. The van der Waals surface area contributed by atoms with Crippen molar-refractivity contribution in [3.63, 3.8) is 0 Å². The van der Waals surface area contributed by atoms with Crippen LogP contribution in [0.3, 0.4) is 0 Å². The molecule has 0 bridgehead atoms. The van der Waals surface area contributed by atoms with Crippen LogP contribution in [0.15, 0.2) is 120 Å². The number of benzene rings is 4. The lowest BCUT2D eigenvalue weighted by Gasteiger charge is -2.48. The highest BCUT2D eigenvalue weighted by Crippen LogP contribution is 2.51. The van der Waals surface area contributed by atoms with Gasteiger partial charge < -0.3 is 0 Å². The molecule has 1 heteroatoms. The molecule has 32 heavy (non-hydrogen) atoms. The molecule has 162 valence electrons. The summed E-state index contributed by atoms with van der Waals surface area (Å²) in [6.45, 7) is 7.10. The second-order valence-corrected chi connectivity index (χ2v) is 10.1. The van der Waals surface area contributed by atoms with Crippen LogP contribution in [0.1, 0.15) is 42.5 Å². The molecule has 0 radical (unpaired) electrons. The zero-order valence-electron chi connectivity index (χ0n) is 19.3. The van der Waals surface area contributed by atoms with Crippen molar-refractivity contribution in [1.29, 1.82) is 0 Å². The second kappa shape index (κ2) is 9.79. The fraction of sp³-hybridized carbons (Fsp3) is 0.226. The van der Waals surface area contributed by atoms with Crippen molar-refractivity contribution in [2.75, 3.05) is 5.75 Å². The van der Waals surface area contributed by atoms with Crippen LogP contribution in [0.2, 0.25) is 0 Å². The molecule has 0 aromatic heterocycles. The molecule has 0 N–H and O–H groups in total. The first kappa shape index (κ1) is 22.4. The SMILES string of the molecule is Cc1ccccc1SCCC(C)(c1ccccc1)C(C)(c1ccccc1)c1ccccc1. The van der Waals surface area contributed by atoms with E-state index in [1.165, 1.54) is 27.1 Å². The van der Waals surface area contributed by atoms with Crippen molar-refractivity contribution in [3.8, 4) is 0 Å². The van der Waals surface area contributed by atoms with Gasteiger partial charge in [-0.15, -0.1) is 11.8 Å². The molecule has 0 aliphatic rings. The fourth-order valence-electron chi connectivity index (χ4n) is 4.92. The minimum absolute atomic E-state index is 0.0906. The van der Waals surface area contributed by atoms with Crippen molar-refractivity contribution < 1.29 is 0 Å². The molecule has 0 saturated heterocycles. The van der Waals surface area contributed by atoms with E-state index in [9.17, 15) is 0 Å². The van der Waals surface area contributed by atoms with E-state index in [4.69, 9.17) is 0 Å². The topological polar surface area (TPSA) is 0 Å². The Kier molecular flexibility index (Phi) is 6.86. The standard InChI is InChI=1S/C31H32S/c1-25-15-13-14-22-29(25)32-24-23-30(2,26-16-7-4-8-17-26)31(3,27-18-9-5-10-19-27)28-20-11-6-12-21-28/h4-22H,23-24H2,1-3H3. The van der Waals surface area contributed by atoms with Gasteiger partial charge in [-0.3, -0.25) is 0 Å². The van der Waals surface area contributed by atoms with E-state index >= 15 is 0 Å². The van der Waals surface area contributed by atoms with Gasteiger partial charge in [-0.2, -0.15) is 0 Å². The van der Waals surface area contributed by atoms with Gasteiger partial charge in [-0.05, 0) is 47.4 Å². The lowest BCUT2D eigenvalue weighted by Crippen LogP contribution is -2.46. The van der Waals surface area contributed by atoms with E-state index < -0.39 is 0 Å². The Morgan fingerprint density at radius 3 is 1.50 bits per heavy atom. The Bertz CT molecular complexity index is 1080. The molecule has 4 aromatic rings. The predicted molar refractivity (Wildman–Crippen MR) is 140 cm³/mol. The highest BCUT2D eigenvalue weighted by molar-refractivity contribution is 7.99. The number of thioether (sulfide) groups is 1. The van der Waals surface area contributed by atoms with Gasteiger partial charge in [-0.25, -0.2) is 0 Å². The van der Waals surface area contributed by atoms with Gasteiger partial charge in [0.2, 0.25) is 0 Å². The average molecular weight is 437 g/mol. The summed E-state index contributed by atoms with van der Waals surface area (Å²) >= 11 is 1.98. The van der Waals surface area contributed by atoms with Gasteiger partial charge in [0.1, 0.15) is 0 Å². The number of hydrogen-bond donors (Lipinski definition) is 0. The van der Waals surface area contributed by atoms with E-state index in [0.717, 1.165) is 12.2 Å². The highest BCUT2D eigenvalue weighted by Gasteiger charge is 2.47. The van der Waals surface area contributed by atoms with Crippen LogP contribution in [0, 0.1) is 6.92 Å². The molecule has 0 saturated carbocycles. The summed E-state index contributed by atoms with van der Waals surface area (Å²) in [6.07, 6.45) is 1.07. The van der Waals surface area contributed by atoms with E-state index in [2.05, 4.69) is 136 Å². The Balaban J connectivity index is 1.81. The molecule has 1 unspecified atom stereocenters. The Hall–Kier alpha value is -2.77. The Morgan fingerprint density at radius 2 is 1.00 bits per heavy atom. The van der Waals surface area contributed by atoms with Gasteiger partial charge in [-0.1, -0.05) is 123 Å². The van der Waals surface area contributed by atoms with Crippen molar-refractivity contribution >= 4 is 11.8 Å². The maximum Gasteiger partial charge on any atom is 0.0268 e. The minimum atomic E-state index is -0.177. The van der Waals surface area contributed by atoms with E-state index in [1.807, 2.05) is 11.8 Å². The average Bonchev–Trinajstić information content (AvgIpc) is 2.86. The Labute approximate surface area is 197 Å². The van der Waals surface area contributed by atoms with Gasteiger partial charge >= 0.3 is 0 Å². The molecule has 1 atom stereocenters. The lowest BCUT2D eigenvalue weighted by molar-refractivity contribution is 0.293. The van der Waals surface area contributed by atoms with Gasteiger partial charge in [0.15, 0.2) is 0 Å². The predicted octanol–water partition coefficient (Wildman–Crippen LogP) is 8.44. The van der Waals surface area contributed by atoms with E-state index in [1.54, 1.807) is 0 Å². The maximum atomic E-state index is 2.46. The third-order valence-electron chi connectivity index (χ3n) is 7.17. The molecule has 0 aliphatic carbocycles. The summed E-state index contributed by atoms with van der Waals surface area (Å²) in [5, 5.41) is 0. The van der Waals surface area contributed by atoms with Crippen LogP contribution in [0.25, 0.3) is 0 Å². The van der Waals surface area contributed by atoms with Crippen molar-refractivity contribution in [3.05, 3.63) is 138 Å². The minimum Gasteiger partial charge on any atom is -0.126 e. The number of hydrogen-bond acceptors (Lipinski definition) is 1. The van der Waals surface area contributed by atoms with Crippen molar-refractivity contribution in [2.24, 2.45) is 0 Å². The molecular weight excluding hydrogens is 404 g/mol. The summed E-state index contributed by atoms with van der Waals surface area (Å²) in [5.41, 5.74) is 5.20. The molecular formula is C31H32S. The summed E-state index contributed by atoms with van der Waals surface area (Å²) < 4.78 is 0. The first-order valence-corrected chi connectivity index (χ1v) is 12.4. The third kappa shape index (κ3) is 4.27. The summed E-state index contributed by atoms with van der Waals surface area (Å²) in [7, 11) is 0. The monoisotopic (exact) mass is 436 g/mol. The van der Waals surface area contributed by atoms with Crippen molar-refractivity contribution in [2.45, 2.75) is 42.9 Å². The van der Waals surface area contributed by atoms with E-state index in [0.29, 0.717) is 0 Å². The van der Waals surface area contributed by atoms with Crippen LogP contribution in [-0.2, 0) is 10.8 Å². The summed E-state index contributed by atoms with van der Waals surface area (Å²) in [4.78, 5) is 1.38. The number of rotatable bonds is 8. The quantitative estimate of drug-likeness (QED) is 0.250. The highest BCUT2D eigenvalue weighted by atomic mass is 32.2. The molecule has 0 amide bonds. The molecule has 0 fully saturated rings. The van der Waals surface area contributed by atoms with Gasteiger partial charge in [0.25, 0.3) is 0 Å². The van der Waals surface area contributed by atoms with Gasteiger partial charge in [0, 0.05) is 15.7 Å². The largest absolute Gasteiger partial charge is 0.126 e. The first-order valence-electron chi connectivity index (χ1n) is 11.4. The molecule has 0 nitrogen and oxygen atoms in total. The van der Waals surface area contributed by atoms with Crippen LogP contribution < -0.4 is 0 Å². The molecule has 0 spiro atoms.